The van der Waals surface area contributed by atoms with Crippen LogP contribution in [-0.4, -0.2) is 57.7 Å². The molecule has 0 bridgehead atoms. The smallest absolute Gasteiger partial charge is 0.407 e. The van der Waals surface area contributed by atoms with Gasteiger partial charge in [-0.3, -0.25) is 9.36 Å². The molecule has 0 atom stereocenters. The first-order valence-electron chi connectivity index (χ1n) is 14.2. The summed E-state index contributed by atoms with van der Waals surface area (Å²) in [6, 6.07) is 11.5. The maximum atomic E-state index is 12.7. The molecule has 0 aliphatic heterocycles. The first-order chi connectivity index (χ1) is 18.6. The van der Waals surface area contributed by atoms with E-state index in [1.165, 1.54) is 0 Å². The lowest BCUT2D eigenvalue weighted by Crippen LogP contribution is -2.45. The summed E-state index contributed by atoms with van der Waals surface area (Å²) in [5, 5.41) is 5.74. The number of alkyl carbamates (subject to hydrolysis) is 1. The maximum absolute atomic E-state index is 12.7. The SMILES string of the molecule is CN(CC1CCC(n2ccc(NC(=O)c3ccccc3)nc2=O)CC1)C1CCC(NC(=O)OC(C)(C)C)CC1. The fourth-order valence-electron chi connectivity index (χ4n) is 5.84. The van der Waals surface area contributed by atoms with Crippen molar-refractivity contribution in [2.45, 2.75) is 95.9 Å². The number of ether oxygens (including phenoxy) is 1. The minimum Gasteiger partial charge on any atom is -0.444 e. The Labute approximate surface area is 231 Å². The summed E-state index contributed by atoms with van der Waals surface area (Å²) in [6.07, 6.45) is 9.56. The van der Waals surface area contributed by atoms with Crippen molar-refractivity contribution >= 4 is 17.8 Å². The predicted molar refractivity (Wildman–Crippen MR) is 152 cm³/mol. The fourth-order valence-corrected chi connectivity index (χ4v) is 5.84. The van der Waals surface area contributed by atoms with Crippen LogP contribution in [0.25, 0.3) is 0 Å². The number of nitrogens with one attached hydrogen (secondary N) is 2. The molecule has 212 valence electrons. The van der Waals surface area contributed by atoms with E-state index in [4.69, 9.17) is 4.74 Å². The highest BCUT2D eigenvalue weighted by Gasteiger charge is 2.29. The van der Waals surface area contributed by atoms with Crippen LogP contribution in [0.5, 0.6) is 0 Å². The molecular weight excluding hydrogens is 494 g/mol. The van der Waals surface area contributed by atoms with E-state index in [0.717, 1.165) is 57.9 Å². The Kier molecular flexibility index (Phi) is 9.43. The first-order valence-corrected chi connectivity index (χ1v) is 14.2. The van der Waals surface area contributed by atoms with E-state index in [0.29, 0.717) is 17.5 Å². The zero-order valence-electron chi connectivity index (χ0n) is 23.7. The van der Waals surface area contributed by atoms with Crippen LogP contribution in [0, 0.1) is 5.92 Å². The highest BCUT2D eigenvalue weighted by atomic mass is 16.6. The Hall–Kier alpha value is -3.20. The highest BCUT2D eigenvalue weighted by molar-refractivity contribution is 6.03. The molecule has 0 radical (unpaired) electrons. The molecule has 39 heavy (non-hydrogen) atoms. The zero-order chi connectivity index (χ0) is 28.0. The van der Waals surface area contributed by atoms with Gasteiger partial charge in [-0.15, -0.1) is 0 Å². The Bertz CT molecular complexity index is 1160. The van der Waals surface area contributed by atoms with Crippen molar-refractivity contribution < 1.29 is 14.3 Å². The van der Waals surface area contributed by atoms with E-state index in [-0.39, 0.29) is 35.6 Å². The van der Waals surface area contributed by atoms with Crippen molar-refractivity contribution in [3.63, 3.8) is 0 Å². The molecule has 2 saturated carbocycles. The van der Waals surface area contributed by atoms with Gasteiger partial charge in [0, 0.05) is 36.4 Å². The quantitative estimate of drug-likeness (QED) is 0.515. The summed E-state index contributed by atoms with van der Waals surface area (Å²) in [6.45, 7) is 6.70. The third-order valence-corrected chi connectivity index (χ3v) is 7.90. The summed E-state index contributed by atoms with van der Waals surface area (Å²) in [5.41, 5.74) is -0.274. The second kappa shape index (κ2) is 12.8. The average Bonchev–Trinajstić information content (AvgIpc) is 2.89. The molecule has 2 amide bonds. The van der Waals surface area contributed by atoms with Crippen LogP contribution in [0.15, 0.2) is 47.4 Å². The first kappa shape index (κ1) is 28.8. The van der Waals surface area contributed by atoms with Crippen LogP contribution in [0.4, 0.5) is 10.6 Å². The molecule has 2 aromatic rings. The number of amides is 2. The highest BCUT2D eigenvalue weighted by Crippen LogP contribution is 2.33. The number of nitrogens with zero attached hydrogens (tertiary/aromatic N) is 3. The maximum Gasteiger partial charge on any atom is 0.407 e. The lowest BCUT2D eigenvalue weighted by Gasteiger charge is -2.38. The largest absolute Gasteiger partial charge is 0.444 e. The molecular formula is C30H43N5O4. The molecule has 0 saturated heterocycles. The molecule has 2 aliphatic carbocycles. The summed E-state index contributed by atoms with van der Waals surface area (Å²) < 4.78 is 7.12. The zero-order valence-corrected chi connectivity index (χ0v) is 23.7. The minimum atomic E-state index is -0.478. The topological polar surface area (TPSA) is 106 Å². The molecule has 0 spiro atoms. The van der Waals surface area contributed by atoms with Gasteiger partial charge in [0.25, 0.3) is 5.91 Å². The Morgan fingerprint density at radius 3 is 2.28 bits per heavy atom. The second-order valence-corrected chi connectivity index (χ2v) is 12.1. The van der Waals surface area contributed by atoms with E-state index in [2.05, 4.69) is 27.6 Å². The monoisotopic (exact) mass is 537 g/mol. The molecule has 9 nitrogen and oxygen atoms in total. The number of rotatable bonds is 7. The minimum absolute atomic E-state index is 0.139. The normalized spacial score (nSPS) is 23.7. The Morgan fingerprint density at radius 2 is 1.67 bits per heavy atom. The van der Waals surface area contributed by atoms with Gasteiger partial charge in [-0.2, -0.15) is 4.98 Å². The van der Waals surface area contributed by atoms with E-state index in [9.17, 15) is 14.4 Å². The fraction of sp³-hybridized carbons (Fsp3) is 0.600. The van der Waals surface area contributed by atoms with Crippen LogP contribution >= 0.6 is 0 Å². The third-order valence-electron chi connectivity index (χ3n) is 7.90. The van der Waals surface area contributed by atoms with Gasteiger partial charge in [0.05, 0.1) is 0 Å². The molecule has 2 N–H and O–H groups in total. The van der Waals surface area contributed by atoms with Gasteiger partial charge in [0.15, 0.2) is 0 Å². The van der Waals surface area contributed by atoms with E-state index in [1.54, 1.807) is 41.1 Å². The molecule has 4 rings (SSSR count). The number of hydrogen-bond acceptors (Lipinski definition) is 6. The molecule has 1 aromatic carbocycles. The van der Waals surface area contributed by atoms with Crippen molar-refractivity contribution in [2.75, 3.05) is 18.9 Å². The van der Waals surface area contributed by atoms with Crippen LogP contribution in [0.3, 0.4) is 0 Å². The summed E-state index contributed by atoms with van der Waals surface area (Å²) in [5.74, 6) is 0.603. The number of carbonyl (C=O) groups is 2. The number of aromatic nitrogens is 2. The third kappa shape index (κ3) is 8.39. The van der Waals surface area contributed by atoms with Crippen molar-refractivity contribution in [1.82, 2.24) is 19.8 Å². The molecule has 2 aliphatic rings. The van der Waals surface area contributed by atoms with Gasteiger partial charge in [-0.25, -0.2) is 9.59 Å². The number of hydrogen-bond donors (Lipinski definition) is 2. The average molecular weight is 538 g/mol. The van der Waals surface area contributed by atoms with Crippen LogP contribution in [-0.2, 0) is 4.74 Å². The van der Waals surface area contributed by atoms with Crippen molar-refractivity contribution in [3.05, 3.63) is 58.6 Å². The van der Waals surface area contributed by atoms with E-state index < -0.39 is 5.60 Å². The molecule has 2 fully saturated rings. The van der Waals surface area contributed by atoms with Gasteiger partial charge in [-0.1, -0.05) is 18.2 Å². The summed E-state index contributed by atoms with van der Waals surface area (Å²) in [7, 11) is 2.22. The standard InChI is InChI=1S/C30H43N5O4/c1-30(2,3)39-29(38)31-23-12-16-24(17-13-23)34(4)20-21-10-14-25(15-11-21)35-19-18-26(33-28(35)37)32-27(36)22-8-6-5-7-9-22/h5-9,18-19,21,23-25H,10-17,20H2,1-4H3,(H,31,38)(H,32,33,36,37). The van der Waals surface area contributed by atoms with Gasteiger partial charge in [0.2, 0.25) is 0 Å². The van der Waals surface area contributed by atoms with Crippen LogP contribution in [0.2, 0.25) is 0 Å². The molecule has 0 unspecified atom stereocenters. The summed E-state index contributed by atoms with van der Waals surface area (Å²) in [4.78, 5) is 43.8. The lowest BCUT2D eigenvalue weighted by molar-refractivity contribution is 0.0477. The van der Waals surface area contributed by atoms with E-state index in [1.807, 2.05) is 26.8 Å². The predicted octanol–water partition coefficient (Wildman–Crippen LogP) is 4.99. The number of anilines is 1. The molecule has 9 heteroatoms. The number of benzene rings is 1. The lowest BCUT2D eigenvalue weighted by atomic mass is 9.84. The molecule has 1 aromatic heterocycles. The Morgan fingerprint density at radius 1 is 1.00 bits per heavy atom. The molecule has 1 heterocycles. The van der Waals surface area contributed by atoms with Crippen molar-refractivity contribution in [3.8, 4) is 0 Å². The van der Waals surface area contributed by atoms with E-state index >= 15 is 0 Å². The van der Waals surface area contributed by atoms with Gasteiger partial charge < -0.3 is 20.3 Å². The van der Waals surface area contributed by atoms with Gasteiger partial charge >= 0.3 is 11.8 Å². The van der Waals surface area contributed by atoms with Crippen molar-refractivity contribution in [1.29, 1.82) is 0 Å². The Balaban J connectivity index is 1.20. The van der Waals surface area contributed by atoms with Crippen LogP contribution < -0.4 is 16.3 Å². The van der Waals surface area contributed by atoms with Gasteiger partial charge in [0.1, 0.15) is 11.4 Å². The van der Waals surface area contributed by atoms with Gasteiger partial charge in [-0.05, 0) is 103 Å². The second-order valence-electron chi connectivity index (χ2n) is 12.1. The summed E-state index contributed by atoms with van der Waals surface area (Å²) >= 11 is 0. The van der Waals surface area contributed by atoms with Crippen molar-refractivity contribution in [2.24, 2.45) is 5.92 Å². The number of carbonyl (C=O) groups excluding carboxylic acids is 2. The van der Waals surface area contributed by atoms with Crippen LogP contribution in [0.1, 0.15) is 88.5 Å².